The van der Waals surface area contributed by atoms with E-state index in [4.69, 9.17) is 0 Å². The number of halogens is 1. The summed E-state index contributed by atoms with van der Waals surface area (Å²) in [6, 6.07) is 4.85. The van der Waals surface area contributed by atoms with E-state index < -0.39 is 0 Å². The predicted molar refractivity (Wildman–Crippen MR) is 77.1 cm³/mol. The molecule has 0 radical (unpaired) electrons. The van der Waals surface area contributed by atoms with Gasteiger partial charge in [0.05, 0.1) is 6.04 Å². The fourth-order valence-electron chi connectivity index (χ4n) is 3.51. The van der Waals surface area contributed by atoms with Gasteiger partial charge in [-0.05, 0) is 55.9 Å². The molecular formula is C16H21FN2O. The minimum atomic E-state index is -0.273. The summed E-state index contributed by atoms with van der Waals surface area (Å²) in [5.41, 5.74) is 1.46. The third-order valence-electron chi connectivity index (χ3n) is 4.63. The molecule has 4 heteroatoms. The van der Waals surface area contributed by atoms with E-state index in [0.29, 0.717) is 17.6 Å². The molecular weight excluding hydrogens is 255 g/mol. The molecule has 1 saturated heterocycles. The summed E-state index contributed by atoms with van der Waals surface area (Å²) in [6.45, 7) is 1.81. The first-order chi connectivity index (χ1) is 9.63. The molecule has 20 heavy (non-hydrogen) atoms. The van der Waals surface area contributed by atoms with Crippen LogP contribution in [-0.2, 0) is 4.79 Å². The summed E-state index contributed by atoms with van der Waals surface area (Å²) in [5.74, 6) is 0.383. The maximum absolute atomic E-state index is 13.1. The maximum atomic E-state index is 13.1. The van der Waals surface area contributed by atoms with Crippen LogP contribution in [0.2, 0.25) is 0 Å². The van der Waals surface area contributed by atoms with Crippen LogP contribution in [0.3, 0.4) is 0 Å². The van der Waals surface area contributed by atoms with Crippen LogP contribution in [0.4, 0.5) is 10.1 Å². The number of hydrogen-bond acceptors (Lipinski definition) is 2. The van der Waals surface area contributed by atoms with Gasteiger partial charge < -0.3 is 10.6 Å². The van der Waals surface area contributed by atoms with E-state index in [1.807, 2.05) is 0 Å². The number of amides is 1. The molecule has 3 atom stereocenters. The van der Waals surface area contributed by atoms with Crippen molar-refractivity contribution < 1.29 is 9.18 Å². The number of nitrogens with one attached hydrogen (secondary N) is 2. The number of benzene rings is 1. The third-order valence-corrected chi connectivity index (χ3v) is 4.63. The standard InChI is InChI=1S/C16H21FN2O/c1-10-8-12(17)6-7-13(10)19-16(20)15-9-11-4-2-3-5-14(11)18-15/h6-8,11,14-15,18H,2-5,9H2,1H3,(H,19,20). The number of anilines is 1. The van der Waals surface area contributed by atoms with Gasteiger partial charge in [-0.25, -0.2) is 4.39 Å². The lowest BCUT2D eigenvalue weighted by Crippen LogP contribution is -2.40. The smallest absolute Gasteiger partial charge is 0.241 e. The average Bonchev–Trinajstić information content (AvgIpc) is 2.86. The first-order valence-electron chi connectivity index (χ1n) is 7.46. The van der Waals surface area contributed by atoms with Crippen molar-refractivity contribution in [1.29, 1.82) is 0 Å². The Labute approximate surface area is 118 Å². The van der Waals surface area contributed by atoms with Crippen LogP contribution in [-0.4, -0.2) is 18.0 Å². The molecule has 108 valence electrons. The number of carbonyl (C=O) groups is 1. The molecule has 3 unspecified atom stereocenters. The quantitative estimate of drug-likeness (QED) is 0.872. The Bertz CT molecular complexity index is 503. The molecule has 3 rings (SSSR count). The second kappa shape index (κ2) is 5.52. The first-order valence-corrected chi connectivity index (χ1v) is 7.46. The second-order valence-electron chi connectivity index (χ2n) is 6.05. The maximum Gasteiger partial charge on any atom is 0.241 e. The monoisotopic (exact) mass is 276 g/mol. The molecule has 1 amide bonds. The van der Waals surface area contributed by atoms with Gasteiger partial charge in [-0.15, -0.1) is 0 Å². The van der Waals surface area contributed by atoms with Crippen LogP contribution in [0.1, 0.15) is 37.7 Å². The third kappa shape index (κ3) is 2.70. The predicted octanol–water partition coefficient (Wildman–Crippen LogP) is 2.99. The Kier molecular flexibility index (Phi) is 3.74. The second-order valence-corrected chi connectivity index (χ2v) is 6.05. The van der Waals surface area contributed by atoms with Gasteiger partial charge in [0.2, 0.25) is 5.91 Å². The van der Waals surface area contributed by atoms with E-state index in [9.17, 15) is 9.18 Å². The highest BCUT2D eigenvalue weighted by atomic mass is 19.1. The lowest BCUT2D eigenvalue weighted by atomic mass is 9.85. The van der Waals surface area contributed by atoms with Gasteiger partial charge >= 0.3 is 0 Å². The molecule has 2 aliphatic rings. The van der Waals surface area contributed by atoms with E-state index in [1.165, 1.54) is 37.8 Å². The van der Waals surface area contributed by atoms with Crippen molar-refractivity contribution in [3.63, 3.8) is 0 Å². The van der Waals surface area contributed by atoms with E-state index in [2.05, 4.69) is 10.6 Å². The van der Waals surface area contributed by atoms with Gasteiger partial charge in [-0.1, -0.05) is 12.8 Å². The molecule has 0 spiro atoms. The van der Waals surface area contributed by atoms with Gasteiger partial charge in [0.15, 0.2) is 0 Å². The van der Waals surface area contributed by atoms with Gasteiger partial charge in [0.1, 0.15) is 5.82 Å². The topological polar surface area (TPSA) is 41.1 Å². The van der Waals surface area contributed by atoms with Crippen LogP contribution in [0.5, 0.6) is 0 Å². The van der Waals surface area contributed by atoms with Gasteiger partial charge in [-0.2, -0.15) is 0 Å². The van der Waals surface area contributed by atoms with Crippen molar-refractivity contribution >= 4 is 11.6 Å². The van der Waals surface area contributed by atoms with Crippen LogP contribution in [0.25, 0.3) is 0 Å². The Hall–Kier alpha value is -1.42. The molecule has 1 aliphatic heterocycles. The zero-order valence-corrected chi connectivity index (χ0v) is 11.8. The van der Waals surface area contributed by atoms with Crippen molar-refractivity contribution in [3.8, 4) is 0 Å². The SMILES string of the molecule is Cc1cc(F)ccc1NC(=O)C1CC2CCCCC2N1. The summed E-state index contributed by atoms with van der Waals surface area (Å²) in [4.78, 5) is 12.3. The van der Waals surface area contributed by atoms with Gasteiger partial charge in [-0.3, -0.25) is 4.79 Å². The van der Waals surface area contributed by atoms with Crippen molar-refractivity contribution in [2.45, 2.75) is 51.1 Å². The average molecular weight is 276 g/mol. The summed E-state index contributed by atoms with van der Waals surface area (Å²) in [5, 5.41) is 6.38. The highest BCUT2D eigenvalue weighted by Crippen LogP contribution is 2.33. The van der Waals surface area contributed by atoms with Crippen molar-refractivity contribution in [1.82, 2.24) is 5.32 Å². The van der Waals surface area contributed by atoms with E-state index >= 15 is 0 Å². The largest absolute Gasteiger partial charge is 0.324 e. The minimum Gasteiger partial charge on any atom is -0.324 e. The van der Waals surface area contributed by atoms with E-state index in [-0.39, 0.29) is 17.8 Å². The Morgan fingerprint density at radius 2 is 2.15 bits per heavy atom. The Balaban J connectivity index is 1.65. The molecule has 1 heterocycles. The van der Waals surface area contributed by atoms with Gasteiger partial charge in [0, 0.05) is 11.7 Å². The summed E-state index contributed by atoms with van der Waals surface area (Å²) >= 11 is 0. The van der Waals surface area contributed by atoms with Crippen LogP contribution in [0.15, 0.2) is 18.2 Å². The summed E-state index contributed by atoms with van der Waals surface area (Å²) < 4.78 is 13.1. The molecule has 1 aromatic carbocycles. The summed E-state index contributed by atoms with van der Waals surface area (Å²) in [7, 11) is 0. The highest BCUT2D eigenvalue weighted by molar-refractivity contribution is 5.95. The van der Waals surface area contributed by atoms with Crippen LogP contribution >= 0.6 is 0 Å². The Morgan fingerprint density at radius 3 is 2.90 bits per heavy atom. The van der Waals surface area contributed by atoms with E-state index in [0.717, 1.165) is 12.0 Å². The first kappa shape index (κ1) is 13.6. The molecule has 1 aromatic rings. The lowest BCUT2D eigenvalue weighted by molar-refractivity contribution is -0.117. The zero-order valence-electron chi connectivity index (χ0n) is 11.8. The number of carbonyl (C=O) groups excluding carboxylic acids is 1. The number of rotatable bonds is 2. The normalized spacial score (nSPS) is 29.0. The lowest BCUT2D eigenvalue weighted by Gasteiger charge is -2.24. The zero-order chi connectivity index (χ0) is 14.1. The number of hydrogen-bond donors (Lipinski definition) is 2. The van der Waals surface area contributed by atoms with Crippen molar-refractivity contribution in [2.75, 3.05) is 5.32 Å². The highest BCUT2D eigenvalue weighted by Gasteiger charge is 2.38. The fraction of sp³-hybridized carbons (Fsp3) is 0.562. The van der Waals surface area contributed by atoms with Crippen LogP contribution in [0, 0.1) is 18.7 Å². The molecule has 2 N–H and O–H groups in total. The number of fused-ring (bicyclic) bond motifs is 1. The molecule has 3 nitrogen and oxygen atoms in total. The van der Waals surface area contributed by atoms with Gasteiger partial charge in [0.25, 0.3) is 0 Å². The van der Waals surface area contributed by atoms with E-state index in [1.54, 1.807) is 13.0 Å². The molecule has 0 bridgehead atoms. The van der Waals surface area contributed by atoms with Crippen LogP contribution < -0.4 is 10.6 Å². The molecule has 0 aromatic heterocycles. The minimum absolute atomic E-state index is 0.00843. The molecule has 2 fully saturated rings. The fourth-order valence-corrected chi connectivity index (χ4v) is 3.51. The summed E-state index contributed by atoms with van der Waals surface area (Å²) in [6.07, 6.45) is 5.89. The Morgan fingerprint density at radius 1 is 1.35 bits per heavy atom. The molecule has 1 aliphatic carbocycles. The van der Waals surface area contributed by atoms with Crippen molar-refractivity contribution in [2.24, 2.45) is 5.92 Å². The number of aryl methyl sites for hydroxylation is 1. The van der Waals surface area contributed by atoms with Crippen molar-refractivity contribution in [3.05, 3.63) is 29.6 Å². The molecule has 1 saturated carbocycles.